The number of benzene rings is 1. The van der Waals surface area contributed by atoms with E-state index in [1.54, 1.807) is 0 Å². The molecular formula is C19H18ClN3O5S. The van der Waals surface area contributed by atoms with Crippen molar-refractivity contribution >= 4 is 52.2 Å². The molecule has 1 atom stereocenters. The molecule has 29 heavy (non-hydrogen) atoms. The number of cyclic esters (lactones) is 1. The third-order valence-corrected chi connectivity index (χ3v) is 5.28. The van der Waals surface area contributed by atoms with Gasteiger partial charge in [0.2, 0.25) is 0 Å². The summed E-state index contributed by atoms with van der Waals surface area (Å²) in [6.07, 6.45) is -2.20. The van der Waals surface area contributed by atoms with Gasteiger partial charge in [-0.05, 0) is 36.4 Å². The van der Waals surface area contributed by atoms with E-state index in [9.17, 15) is 14.4 Å². The van der Waals surface area contributed by atoms with E-state index >= 15 is 0 Å². The Balaban J connectivity index is 1.49. The maximum absolute atomic E-state index is 12.4. The van der Waals surface area contributed by atoms with Crippen LogP contribution in [0.25, 0.3) is 0 Å². The fourth-order valence-corrected chi connectivity index (χ4v) is 3.62. The molecule has 0 saturated carbocycles. The summed E-state index contributed by atoms with van der Waals surface area (Å²) in [6.45, 7) is -8.82. The molecule has 8 nitrogen and oxygen atoms in total. The SMILES string of the molecule is [2H]C([2H])(NC(=O)c1ccc(Cl)s1)[C@H]1CN(c2ccc(N3C(=O)COC([2H])([2H])C3([2H])[2H])cc2)C(=O)O1. The fourth-order valence-electron chi connectivity index (χ4n) is 2.69. The van der Waals surface area contributed by atoms with Gasteiger partial charge in [-0.1, -0.05) is 11.6 Å². The third kappa shape index (κ3) is 4.36. The zero-order valence-electron chi connectivity index (χ0n) is 20.7. The molecule has 4 rings (SSSR count). The number of hydrogen-bond acceptors (Lipinski definition) is 6. The molecule has 0 aliphatic carbocycles. The molecule has 1 N–H and O–H groups in total. The Morgan fingerprint density at radius 1 is 1.24 bits per heavy atom. The number of hydrogen-bond donors (Lipinski definition) is 1. The Bertz CT molecular complexity index is 1180. The van der Waals surface area contributed by atoms with Gasteiger partial charge in [0, 0.05) is 17.9 Å². The van der Waals surface area contributed by atoms with E-state index in [1.165, 1.54) is 36.4 Å². The van der Waals surface area contributed by atoms with E-state index in [1.807, 2.05) is 0 Å². The van der Waals surface area contributed by atoms with E-state index < -0.39 is 50.2 Å². The van der Waals surface area contributed by atoms with E-state index in [4.69, 9.17) is 29.3 Å². The average Bonchev–Trinajstić information content (AvgIpc) is 3.38. The molecule has 0 radical (unpaired) electrons. The van der Waals surface area contributed by atoms with Gasteiger partial charge in [0.05, 0.1) is 37.0 Å². The van der Waals surface area contributed by atoms with Crippen LogP contribution < -0.4 is 15.1 Å². The summed E-state index contributed by atoms with van der Waals surface area (Å²) in [7, 11) is 0. The Morgan fingerprint density at radius 2 is 1.97 bits per heavy atom. The number of rotatable bonds is 5. The summed E-state index contributed by atoms with van der Waals surface area (Å²) in [5, 5.41) is 2.20. The topological polar surface area (TPSA) is 88.2 Å². The predicted molar refractivity (Wildman–Crippen MR) is 109 cm³/mol. The molecule has 2 fully saturated rings. The number of amides is 3. The molecule has 2 aromatic rings. The summed E-state index contributed by atoms with van der Waals surface area (Å²) < 4.78 is 58.1. The van der Waals surface area contributed by atoms with E-state index in [2.05, 4.69) is 5.32 Å². The standard InChI is InChI=1S/C19H18ClN3O5S/c20-16-6-5-15(29-16)18(25)21-9-14-10-23(19(26)28-14)13-3-1-12(2-4-13)22-7-8-27-11-17(22)24/h1-6,14H,7-11H2,(H,21,25)/t14-/m0/s1/i7D2,8D2,9D2. The number of carbonyl (C=O) groups excluding carboxylic acids is 3. The Morgan fingerprint density at radius 3 is 2.66 bits per heavy atom. The van der Waals surface area contributed by atoms with Gasteiger partial charge in [-0.25, -0.2) is 4.79 Å². The van der Waals surface area contributed by atoms with Gasteiger partial charge in [0.25, 0.3) is 11.8 Å². The molecule has 152 valence electrons. The molecule has 2 aliphatic heterocycles. The van der Waals surface area contributed by atoms with Crippen LogP contribution in [0.1, 0.15) is 17.9 Å². The van der Waals surface area contributed by atoms with Crippen LogP contribution in [0, 0.1) is 0 Å². The molecule has 10 heteroatoms. The quantitative estimate of drug-likeness (QED) is 0.770. The minimum atomic E-state index is -2.79. The molecule has 1 aromatic carbocycles. The maximum atomic E-state index is 12.4. The molecule has 2 saturated heterocycles. The largest absolute Gasteiger partial charge is 0.442 e. The monoisotopic (exact) mass is 441 g/mol. The van der Waals surface area contributed by atoms with Crippen LogP contribution in [0.5, 0.6) is 0 Å². The second-order valence-electron chi connectivity index (χ2n) is 5.93. The minimum absolute atomic E-state index is 0.0391. The van der Waals surface area contributed by atoms with Gasteiger partial charge in [0.15, 0.2) is 0 Å². The van der Waals surface area contributed by atoms with E-state index in [-0.39, 0.29) is 22.8 Å². The Hall–Kier alpha value is -2.62. The molecule has 0 bridgehead atoms. The lowest BCUT2D eigenvalue weighted by Gasteiger charge is -2.27. The number of carbonyl (C=O) groups is 3. The lowest BCUT2D eigenvalue weighted by Crippen LogP contribution is -2.41. The van der Waals surface area contributed by atoms with Crippen molar-refractivity contribution in [2.45, 2.75) is 6.10 Å². The number of nitrogens with one attached hydrogen (secondary N) is 1. The van der Waals surface area contributed by atoms with Crippen LogP contribution in [0.15, 0.2) is 36.4 Å². The van der Waals surface area contributed by atoms with Crippen molar-refractivity contribution < 1.29 is 32.1 Å². The summed E-state index contributed by atoms with van der Waals surface area (Å²) in [5.74, 6) is -1.50. The molecule has 2 aliphatic rings. The second-order valence-corrected chi connectivity index (χ2v) is 7.65. The van der Waals surface area contributed by atoms with Gasteiger partial charge < -0.3 is 19.7 Å². The van der Waals surface area contributed by atoms with Crippen molar-refractivity contribution in [1.82, 2.24) is 5.32 Å². The van der Waals surface area contributed by atoms with Crippen LogP contribution in [0.3, 0.4) is 0 Å². The lowest BCUT2D eigenvalue weighted by atomic mass is 10.2. The summed E-state index contributed by atoms with van der Waals surface area (Å²) in [6, 6.07) is 8.36. The van der Waals surface area contributed by atoms with Gasteiger partial charge in [-0.3, -0.25) is 14.5 Å². The van der Waals surface area contributed by atoms with Gasteiger partial charge in [-0.15, -0.1) is 11.3 Å². The zero-order chi connectivity index (χ0) is 25.8. The smallest absolute Gasteiger partial charge is 0.414 e. The highest BCUT2D eigenvalue weighted by Gasteiger charge is 2.33. The molecule has 0 unspecified atom stereocenters. The van der Waals surface area contributed by atoms with Crippen molar-refractivity contribution in [2.75, 3.05) is 42.5 Å². The molecule has 3 heterocycles. The van der Waals surface area contributed by atoms with Crippen molar-refractivity contribution in [2.24, 2.45) is 0 Å². The number of ether oxygens (including phenoxy) is 2. The van der Waals surface area contributed by atoms with Crippen LogP contribution in [-0.2, 0) is 14.3 Å². The van der Waals surface area contributed by atoms with Gasteiger partial charge in [0.1, 0.15) is 12.7 Å². The third-order valence-electron chi connectivity index (χ3n) is 4.05. The number of halogens is 1. The molecule has 1 aromatic heterocycles. The lowest BCUT2D eigenvalue weighted by molar-refractivity contribution is -0.125. The predicted octanol–water partition coefficient (Wildman–Crippen LogP) is 2.52. The van der Waals surface area contributed by atoms with Crippen molar-refractivity contribution in [3.05, 3.63) is 45.6 Å². The summed E-state index contributed by atoms with van der Waals surface area (Å²) in [4.78, 5) is 39.0. The molecule has 3 amide bonds. The molecule has 0 spiro atoms. The van der Waals surface area contributed by atoms with Crippen LogP contribution >= 0.6 is 22.9 Å². The number of nitrogens with zero attached hydrogens (tertiary/aromatic N) is 2. The Kier molecular flexibility index (Phi) is 3.93. The maximum Gasteiger partial charge on any atom is 0.414 e. The van der Waals surface area contributed by atoms with E-state index in [0.29, 0.717) is 9.24 Å². The van der Waals surface area contributed by atoms with Crippen LogP contribution in [0.2, 0.25) is 4.34 Å². The van der Waals surface area contributed by atoms with Crippen LogP contribution in [-0.4, -0.2) is 56.7 Å². The van der Waals surface area contributed by atoms with Crippen LogP contribution in [0.4, 0.5) is 16.2 Å². The number of morpholine rings is 1. The number of anilines is 2. The van der Waals surface area contributed by atoms with Crippen molar-refractivity contribution in [1.29, 1.82) is 0 Å². The fraction of sp³-hybridized carbons (Fsp3) is 0.316. The first kappa shape index (κ1) is 13.6. The average molecular weight is 442 g/mol. The Labute approximate surface area is 184 Å². The first-order valence-electron chi connectivity index (χ1n) is 11.4. The molecular weight excluding hydrogens is 418 g/mol. The minimum Gasteiger partial charge on any atom is -0.442 e. The van der Waals surface area contributed by atoms with Crippen molar-refractivity contribution in [3.8, 4) is 0 Å². The summed E-state index contributed by atoms with van der Waals surface area (Å²) >= 11 is 6.78. The normalized spacial score (nSPS) is 26.4. The van der Waals surface area contributed by atoms with Gasteiger partial charge in [-0.2, -0.15) is 0 Å². The summed E-state index contributed by atoms with van der Waals surface area (Å²) in [5.41, 5.74) is 0.301. The first-order chi connectivity index (χ1) is 16.2. The zero-order valence-corrected chi connectivity index (χ0v) is 16.2. The highest BCUT2D eigenvalue weighted by molar-refractivity contribution is 7.18. The highest BCUT2D eigenvalue weighted by Crippen LogP contribution is 2.26. The van der Waals surface area contributed by atoms with Gasteiger partial charge >= 0.3 is 6.09 Å². The highest BCUT2D eigenvalue weighted by atomic mass is 35.5. The first-order valence-corrected chi connectivity index (χ1v) is 9.55. The second kappa shape index (κ2) is 8.40. The number of thiophene rings is 1. The van der Waals surface area contributed by atoms with E-state index in [0.717, 1.165) is 16.2 Å². The van der Waals surface area contributed by atoms with Crippen molar-refractivity contribution in [3.63, 3.8) is 0 Å².